The smallest absolute Gasteiger partial charge is 0.226 e. The van der Waals surface area contributed by atoms with Gasteiger partial charge in [-0.05, 0) is 36.8 Å². The number of carbonyl (C=O) groups excluding carboxylic acids is 1. The molecule has 1 aromatic heterocycles. The SMILES string of the molecule is Cc1ccc(OCCC(=O)N(Cc2ccccc2)Cc2ccco2)cc1. The molecule has 0 atom stereocenters. The maximum absolute atomic E-state index is 12.7. The standard InChI is InChI=1S/C22H23NO3/c1-18-9-11-20(12-10-18)26-15-13-22(24)23(17-21-8-5-14-25-21)16-19-6-3-2-4-7-19/h2-12,14H,13,15-17H2,1H3. The summed E-state index contributed by atoms with van der Waals surface area (Å²) in [5, 5.41) is 0. The molecule has 0 bridgehead atoms. The third-order valence-electron chi connectivity index (χ3n) is 4.10. The van der Waals surface area contributed by atoms with Gasteiger partial charge in [0.05, 0.1) is 25.8 Å². The zero-order chi connectivity index (χ0) is 18.2. The Morgan fingerprint density at radius 2 is 1.73 bits per heavy atom. The first-order valence-electron chi connectivity index (χ1n) is 8.74. The molecule has 0 aliphatic carbocycles. The van der Waals surface area contributed by atoms with Crippen molar-refractivity contribution in [3.8, 4) is 5.75 Å². The molecule has 0 radical (unpaired) electrons. The molecule has 0 spiro atoms. The second-order valence-corrected chi connectivity index (χ2v) is 6.23. The number of nitrogens with zero attached hydrogens (tertiary/aromatic N) is 1. The average Bonchev–Trinajstić information content (AvgIpc) is 3.17. The molecule has 3 rings (SSSR count). The number of ether oxygens (including phenoxy) is 1. The number of hydrogen-bond acceptors (Lipinski definition) is 3. The number of aryl methyl sites for hydroxylation is 1. The highest BCUT2D eigenvalue weighted by molar-refractivity contribution is 5.76. The molecule has 2 aromatic carbocycles. The summed E-state index contributed by atoms with van der Waals surface area (Å²) in [5.41, 5.74) is 2.27. The minimum Gasteiger partial charge on any atom is -0.493 e. The number of carbonyl (C=O) groups is 1. The fourth-order valence-electron chi connectivity index (χ4n) is 2.68. The number of benzene rings is 2. The monoisotopic (exact) mass is 349 g/mol. The molecule has 4 heteroatoms. The summed E-state index contributed by atoms with van der Waals surface area (Å²) in [7, 11) is 0. The Morgan fingerprint density at radius 1 is 0.962 bits per heavy atom. The summed E-state index contributed by atoms with van der Waals surface area (Å²) in [6.07, 6.45) is 1.95. The fraction of sp³-hybridized carbons (Fsp3) is 0.227. The highest BCUT2D eigenvalue weighted by Crippen LogP contribution is 2.14. The van der Waals surface area contributed by atoms with Gasteiger partial charge in [0.2, 0.25) is 5.91 Å². The van der Waals surface area contributed by atoms with E-state index in [1.54, 1.807) is 11.2 Å². The number of rotatable bonds is 8. The maximum Gasteiger partial charge on any atom is 0.226 e. The first kappa shape index (κ1) is 17.8. The predicted molar refractivity (Wildman–Crippen MR) is 101 cm³/mol. The Balaban J connectivity index is 1.59. The molecular formula is C22H23NO3. The highest BCUT2D eigenvalue weighted by atomic mass is 16.5. The van der Waals surface area contributed by atoms with Crippen LogP contribution in [-0.2, 0) is 17.9 Å². The maximum atomic E-state index is 12.7. The van der Waals surface area contributed by atoms with Crippen molar-refractivity contribution in [2.45, 2.75) is 26.4 Å². The third-order valence-corrected chi connectivity index (χ3v) is 4.10. The molecule has 0 saturated heterocycles. The van der Waals surface area contributed by atoms with E-state index >= 15 is 0 Å². The van der Waals surface area contributed by atoms with Gasteiger partial charge in [-0.15, -0.1) is 0 Å². The second-order valence-electron chi connectivity index (χ2n) is 6.23. The van der Waals surface area contributed by atoms with Gasteiger partial charge < -0.3 is 14.1 Å². The molecule has 4 nitrogen and oxygen atoms in total. The summed E-state index contributed by atoms with van der Waals surface area (Å²) in [4.78, 5) is 14.5. The van der Waals surface area contributed by atoms with Crippen LogP contribution in [0, 0.1) is 6.92 Å². The largest absolute Gasteiger partial charge is 0.493 e. The quantitative estimate of drug-likeness (QED) is 0.597. The van der Waals surface area contributed by atoms with E-state index in [9.17, 15) is 4.79 Å². The van der Waals surface area contributed by atoms with E-state index in [2.05, 4.69) is 0 Å². The minimum atomic E-state index is 0.0392. The first-order valence-corrected chi connectivity index (χ1v) is 8.74. The Bertz CT molecular complexity index is 795. The normalized spacial score (nSPS) is 10.5. The van der Waals surface area contributed by atoms with Crippen LogP contribution in [0.15, 0.2) is 77.4 Å². The molecule has 3 aromatic rings. The van der Waals surface area contributed by atoms with Gasteiger partial charge in [0, 0.05) is 6.54 Å². The lowest BCUT2D eigenvalue weighted by Crippen LogP contribution is -2.31. The van der Waals surface area contributed by atoms with Gasteiger partial charge in [0.1, 0.15) is 11.5 Å². The zero-order valence-corrected chi connectivity index (χ0v) is 14.9. The molecular weight excluding hydrogens is 326 g/mol. The van der Waals surface area contributed by atoms with Gasteiger partial charge in [0.15, 0.2) is 0 Å². The summed E-state index contributed by atoms with van der Waals surface area (Å²) < 4.78 is 11.1. The molecule has 1 heterocycles. The van der Waals surface area contributed by atoms with Crippen molar-refractivity contribution < 1.29 is 13.9 Å². The Morgan fingerprint density at radius 3 is 2.42 bits per heavy atom. The van der Waals surface area contributed by atoms with Crippen LogP contribution in [0.3, 0.4) is 0 Å². The lowest BCUT2D eigenvalue weighted by molar-refractivity contribution is -0.133. The van der Waals surface area contributed by atoms with Crippen LogP contribution in [-0.4, -0.2) is 17.4 Å². The Hall–Kier alpha value is -3.01. The van der Waals surface area contributed by atoms with Crippen molar-refractivity contribution in [2.75, 3.05) is 6.61 Å². The Kier molecular flexibility index (Phi) is 6.09. The van der Waals surface area contributed by atoms with Gasteiger partial charge in [-0.25, -0.2) is 0 Å². The fourth-order valence-corrected chi connectivity index (χ4v) is 2.68. The molecule has 0 aliphatic heterocycles. The van der Waals surface area contributed by atoms with Crippen molar-refractivity contribution >= 4 is 5.91 Å². The molecule has 134 valence electrons. The molecule has 0 aliphatic rings. The summed E-state index contributed by atoms with van der Waals surface area (Å²) in [6.45, 7) is 3.38. The van der Waals surface area contributed by atoms with E-state index in [-0.39, 0.29) is 5.91 Å². The van der Waals surface area contributed by atoms with Crippen molar-refractivity contribution in [3.05, 3.63) is 89.9 Å². The lowest BCUT2D eigenvalue weighted by Gasteiger charge is -2.22. The van der Waals surface area contributed by atoms with Crippen LogP contribution in [0.4, 0.5) is 0 Å². The van der Waals surface area contributed by atoms with Crippen molar-refractivity contribution in [1.29, 1.82) is 0 Å². The van der Waals surface area contributed by atoms with E-state index in [1.807, 2.05) is 73.7 Å². The lowest BCUT2D eigenvalue weighted by atomic mass is 10.2. The predicted octanol–water partition coefficient (Wildman–Crippen LogP) is 4.59. The second kappa shape index (κ2) is 8.90. The van der Waals surface area contributed by atoms with E-state index in [4.69, 9.17) is 9.15 Å². The Labute approximate surface area is 154 Å². The number of furan rings is 1. The molecule has 0 fully saturated rings. The van der Waals surface area contributed by atoms with Crippen LogP contribution in [0.5, 0.6) is 5.75 Å². The topological polar surface area (TPSA) is 42.7 Å². The third kappa shape index (κ3) is 5.24. The van der Waals surface area contributed by atoms with Gasteiger partial charge in [-0.3, -0.25) is 4.79 Å². The summed E-state index contributed by atoms with van der Waals surface area (Å²) in [5.74, 6) is 1.59. The minimum absolute atomic E-state index is 0.0392. The van der Waals surface area contributed by atoms with E-state index < -0.39 is 0 Å². The van der Waals surface area contributed by atoms with Gasteiger partial charge in [0.25, 0.3) is 0 Å². The zero-order valence-electron chi connectivity index (χ0n) is 14.9. The van der Waals surface area contributed by atoms with E-state index in [0.29, 0.717) is 26.1 Å². The van der Waals surface area contributed by atoms with Gasteiger partial charge in [-0.2, -0.15) is 0 Å². The van der Waals surface area contributed by atoms with Crippen molar-refractivity contribution in [1.82, 2.24) is 4.90 Å². The summed E-state index contributed by atoms with van der Waals surface area (Å²) >= 11 is 0. The molecule has 0 N–H and O–H groups in total. The van der Waals surface area contributed by atoms with Crippen molar-refractivity contribution in [2.24, 2.45) is 0 Å². The van der Waals surface area contributed by atoms with Crippen LogP contribution in [0.1, 0.15) is 23.3 Å². The van der Waals surface area contributed by atoms with Crippen LogP contribution >= 0.6 is 0 Å². The number of hydrogen-bond donors (Lipinski definition) is 0. The highest BCUT2D eigenvalue weighted by Gasteiger charge is 2.16. The number of amides is 1. The molecule has 1 amide bonds. The molecule has 0 saturated carbocycles. The van der Waals surface area contributed by atoms with Crippen LogP contribution < -0.4 is 4.74 Å². The first-order chi connectivity index (χ1) is 12.7. The van der Waals surface area contributed by atoms with Crippen LogP contribution in [0.25, 0.3) is 0 Å². The molecule has 26 heavy (non-hydrogen) atoms. The van der Waals surface area contributed by atoms with Crippen LogP contribution in [0.2, 0.25) is 0 Å². The van der Waals surface area contributed by atoms with Gasteiger partial charge in [-0.1, -0.05) is 48.0 Å². The summed E-state index contributed by atoms with van der Waals surface area (Å²) in [6, 6.07) is 21.5. The molecule has 0 unspecified atom stereocenters. The van der Waals surface area contributed by atoms with Crippen molar-refractivity contribution in [3.63, 3.8) is 0 Å². The van der Waals surface area contributed by atoms with E-state index in [1.165, 1.54) is 5.56 Å². The van der Waals surface area contributed by atoms with E-state index in [0.717, 1.165) is 17.1 Å². The average molecular weight is 349 g/mol. The van der Waals surface area contributed by atoms with Gasteiger partial charge >= 0.3 is 0 Å².